The van der Waals surface area contributed by atoms with Crippen LogP contribution < -0.4 is 10.5 Å². The molecule has 3 aromatic rings. The molecule has 0 fully saturated rings. The Morgan fingerprint density at radius 2 is 1.77 bits per heavy atom. The first-order valence-corrected chi connectivity index (χ1v) is 10.4. The fraction of sp³-hybridized carbons (Fsp3) is 0.429. The number of unbranched alkanes of at least 4 members (excludes halogenated alkanes) is 1. The largest absolute Gasteiger partial charge is 0.376 e. The molecule has 0 saturated carbocycles. The second kappa shape index (κ2) is 9.07. The molecule has 4 rings (SSSR count). The third kappa shape index (κ3) is 4.47. The van der Waals surface area contributed by atoms with Gasteiger partial charge in [0.2, 0.25) is 5.82 Å². The Morgan fingerprint density at radius 3 is 2.39 bits per heavy atom. The van der Waals surface area contributed by atoms with Crippen LogP contribution in [0.15, 0.2) is 41.7 Å². The molecule has 0 atom stereocenters. The number of benzene rings is 1. The number of anilines is 1. The average molecular weight is 423 g/mol. The Hall–Kier alpha value is -3.56. The van der Waals surface area contributed by atoms with Crippen molar-refractivity contribution >= 4 is 11.5 Å². The summed E-state index contributed by atoms with van der Waals surface area (Å²) in [5.41, 5.74) is 1.46. The van der Waals surface area contributed by atoms with Crippen molar-refractivity contribution in [2.24, 2.45) is 0 Å². The number of hydrogen-bond donors (Lipinski definition) is 0. The van der Waals surface area contributed by atoms with Gasteiger partial charge in [0.05, 0.1) is 4.92 Å². The van der Waals surface area contributed by atoms with Gasteiger partial charge in [0, 0.05) is 26.2 Å². The fourth-order valence-electron chi connectivity index (χ4n) is 4.05. The molecule has 0 unspecified atom stereocenters. The summed E-state index contributed by atoms with van der Waals surface area (Å²) in [6.45, 7) is 3.96. The highest BCUT2D eigenvalue weighted by atomic mass is 16.6. The zero-order chi connectivity index (χ0) is 21.8. The lowest BCUT2D eigenvalue weighted by Gasteiger charge is -2.22. The highest BCUT2D eigenvalue weighted by molar-refractivity contribution is 5.57. The van der Waals surface area contributed by atoms with Gasteiger partial charge >= 0.3 is 11.2 Å². The van der Waals surface area contributed by atoms with E-state index in [0.717, 1.165) is 19.3 Å². The minimum atomic E-state index is -0.589. The predicted octanol–water partition coefficient (Wildman–Crippen LogP) is 2.14. The first-order chi connectivity index (χ1) is 15.0. The Balaban J connectivity index is 1.55. The molecule has 0 aliphatic carbocycles. The fourth-order valence-corrected chi connectivity index (χ4v) is 4.05. The molecular formula is C21H25N7O3. The molecule has 3 heterocycles. The van der Waals surface area contributed by atoms with Crippen molar-refractivity contribution in [1.82, 2.24) is 24.3 Å². The predicted molar refractivity (Wildman–Crippen MR) is 115 cm³/mol. The molecule has 0 saturated heterocycles. The van der Waals surface area contributed by atoms with Gasteiger partial charge in [0.25, 0.3) is 0 Å². The maximum Gasteiger partial charge on any atom is 0.376 e. The van der Waals surface area contributed by atoms with E-state index < -0.39 is 16.2 Å². The van der Waals surface area contributed by atoms with Crippen LogP contribution in [0.3, 0.4) is 0 Å². The topological polar surface area (TPSA) is 112 Å². The summed E-state index contributed by atoms with van der Waals surface area (Å²) >= 11 is 0. The van der Waals surface area contributed by atoms with E-state index in [1.807, 2.05) is 17.0 Å². The van der Waals surface area contributed by atoms with Gasteiger partial charge in [-0.3, -0.25) is 24.2 Å². The normalized spacial score (nSPS) is 13.6. The number of nitro groups is 1. The van der Waals surface area contributed by atoms with E-state index >= 15 is 0 Å². The Morgan fingerprint density at radius 1 is 1.10 bits per heavy atom. The van der Waals surface area contributed by atoms with Crippen LogP contribution in [0.4, 0.5) is 11.5 Å². The lowest BCUT2D eigenvalue weighted by molar-refractivity contribution is -0.386. The highest BCUT2D eigenvalue weighted by Gasteiger charge is 2.29. The molecule has 0 spiro atoms. The summed E-state index contributed by atoms with van der Waals surface area (Å²) in [4.78, 5) is 34.6. The zero-order valence-corrected chi connectivity index (χ0v) is 17.5. The maximum absolute atomic E-state index is 13.0. The number of fused-ring (bicyclic) bond motifs is 1. The van der Waals surface area contributed by atoms with Crippen LogP contribution in [0.1, 0.15) is 29.8 Å². The summed E-state index contributed by atoms with van der Waals surface area (Å²) in [7, 11) is 0. The third-order valence-electron chi connectivity index (χ3n) is 5.71. The van der Waals surface area contributed by atoms with Gasteiger partial charge in [-0.2, -0.15) is 5.10 Å². The molecule has 0 amide bonds. The van der Waals surface area contributed by atoms with Crippen molar-refractivity contribution in [3.63, 3.8) is 0 Å². The number of nitrogens with zero attached hydrogens (tertiary/aromatic N) is 7. The van der Waals surface area contributed by atoms with E-state index in [1.165, 1.54) is 22.0 Å². The van der Waals surface area contributed by atoms with Crippen molar-refractivity contribution in [3.05, 3.63) is 74.3 Å². The Kier molecular flexibility index (Phi) is 6.06. The van der Waals surface area contributed by atoms with Crippen LogP contribution in [-0.2, 0) is 25.9 Å². The molecule has 1 aromatic carbocycles. The summed E-state index contributed by atoms with van der Waals surface area (Å²) in [5.74, 6) is 0.673. The third-order valence-corrected chi connectivity index (χ3v) is 5.71. The molecule has 1 aliphatic rings. The molecular weight excluding hydrogens is 398 g/mol. The van der Waals surface area contributed by atoms with Crippen LogP contribution in [0, 0.1) is 17.0 Å². The molecule has 162 valence electrons. The van der Waals surface area contributed by atoms with Gasteiger partial charge in [-0.1, -0.05) is 24.3 Å². The van der Waals surface area contributed by atoms with Crippen LogP contribution in [0.2, 0.25) is 0 Å². The molecule has 31 heavy (non-hydrogen) atoms. The summed E-state index contributed by atoms with van der Waals surface area (Å²) in [6.07, 6.45) is 6.09. The smallest absolute Gasteiger partial charge is 0.350 e. The first-order valence-electron chi connectivity index (χ1n) is 10.4. The van der Waals surface area contributed by atoms with E-state index in [9.17, 15) is 14.9 Å². The molecule has 2 aromatic heterocycles. The van der Waals surface area contributed by atoms with Crippen molar-refractivity contribution in [3.8, 4) is 0 Å². The standard InChI is InChI=1S/C21H25N7O3/c1-16-24-20(25-12-8-17-6-2-3-7-18(17)9-13-25)19(28(30)31)21(29)27(16)11-5-4-10-26-15-22-14-23-26/h2-3,6-7,14-15H,4-5,8-13H2,1H3. The van der Waals surface area contributed by atoms with Crippen molar-refractivity contribution in [1.29, 1.82) is 0 Å². The molecule has 0 N–H and O–H groups in total. The van der Waals surface area contributed by atoms with Gasteiger partial charge in [0.1, 0.15) is 18.5 Å². The molecule has 0 bridgehead atoms. The second-order valence-electron chi connectivity index (χ2n) is 7.67. The number of hydrogen-bond acceptors (Lipinski definition) is 7. The Labute approximate surface area is 179 Å². The van der Waals surface area contributed by atoms with Crippen LogP contribution in [0.25, 0.3) is 0 Å². The zero-order valence-electron chi connectivity index (χ0n) is 17.5. The lowest BCUT2D eigenvalue weighted by Crippen LogP contribution is -2.34. The number of aromatic nitrogens is 5. The van der Waals surface area contributed by atoms with Crippen LogP contribution in [0.5, 0.6) is 0 Å². The minimum Gasteiger partial charge on any atom is -0.350 e. The monoisotopic (exact) mass is 423 g/mol. The SMILES string of the molecule is Cc1nc(N2CCc3ccccc3CC2)c([N+](=O)[O-])c(=O)n1CCCCn1cncn1. The van der Waals surface area contributed by atoms with Gasteiger partial charge in [-0.25, -0.2) is 9.97 Å². The summed E-state index contributed by atoms with van der Waals surface area (Å²) < 4.78 is 3.13. The average Bonchev–Trinajstić information content (AvgIpc) is 3.17. The van der Waals surface area contributed by atoms with E-state index in [1.54, 1.807) is 17.9 Å². The molecule has 0 radical (unpaired) electrons. The Bertz CT molecular complexity index is 1100. The van der Waals surface area contributed by atoms with Gasteiger partial charge in [-0.05, 0) is 43.7 Å². The quantitative estimate of drug-likeness (QED) is 0.325. The molecule has 10 nitrogen and oxygen atoms in total. The lowest BCUT2D eigenvalue weighted by atomic mass is 10.0. The number of rotatable bonds is 7. The maximum atomic E-state index is 13.0. The van der Waals surface area contributed by atoms with Crippen molar-refractivity contribution in [2.75, 3.05) is 18.0 Å². The van der Waals surface area contributed by atoms with E-state index in [0.29, 0.717) is 38.4 Å². The second-order valence-corrected chi connectivity index (χ2v) is 7.67. The molecule has 1 aliphatic heterocycles. The van der Waals surface area contributed by atoms with Crippen molar-refractivity contribution in [2.45, 2.75) is 45.7 Å². The van der Waals surface area contributed by atoms with Crippen LogP contribution >= 0.6 is 0 Å². The first kappa shape index (κ1) is 20.7. The van der Waals surface area contributed by atoms with Crippen LogP contribution in [-0.4, -0.2) is 42.3 Å². The van der Waals surface area contributed by atoms with E-state index in [4.69, 9.17) is 0 Å². The van der Waals surface area contributed by atoms with Gasteiger partial charge < -0.3 is 4.90 Å². The highest BCUT2D eigenvalue weighted by Crippen LogP contribution is 2.26. The van der Waals surface area contributed by atoms with Gasteiger partial charge in [-0.15, -0.1) is 0 Å². The van der Waals surface area contributed by atoms with Crippen molar-refractivity contribution < 1.29 is 4.92 Å². The summed E-state index contributed by atoms with van der Waals surface area (Å²) in [5, 5.41) is 15.9. The number of aryl methyl sites for hydroxylation is 2. The minimum absolute atomic E-state index is 0.180. The van der Waals surface area contributed by atoms with E-state index in [-0.39, 0.29) is 5.82 Å². The summed E-state index contributed by atoms with van der Waals surface area (Å²) in [6, 6.07) is 8.18. The van der Waals surface area contributed by atoms with Gasteiger partial charge in [0.15, 0.2) is 0 Å². The van der Waals surface area contributed by atoms with E-state index in [2.05, 4.69) is 27.2 Å². The molecule has 10 heteroatoms.